The second-order valence-corrected chi connectivity index (χ2v) is 9.42. The van der Waals surface area contributed by atoms with E-state index < -0.39 is 10.0 Å². The molecule has 0 radical (unpaired) electrons. The molecule has 0 saturated heterocycles. The Bertz CT molecular complexity index is 1020. The Hall–Kier alpha value is -2.03. The highest BCUT2D eigenvalue weighted by molar-refractivity contribution is 7.89. The summed E-state index contributed by atoms with van der Waals surface area (Å²) in [7, 11) is -2.40. The fourth-order valence-electron chi connectivity index (χ4n) is 3.15. The molecule has 2 aromatic rings. The fourth-order valence-corrected chi connectivity index (χ4v) is 4.80. The van der Waals surface area contributed by atoms with Crippen LogP contribution in [0.15, 0.2) is 33.6 Å². The van der Waals surface area contributed by atoms with E-state index in [9.17, 15) is 13.2 Å². The van der Waals surface area contributed by atoms with Crippen molar-refractivity contribution in [2.24, 2.45) is 5.92 Å². The van der Waals surface area contributed by atoms with Crippen molar-refractivity contribution < 1.29 is 22.4 Å². The predicted octanol–water partition coefficient (Wildman–Crippen LogP) is 3.21. The predicted molar refractivity (Wildman–Crippen MR) is 99.5 cm³/mol. The molecule has 2 aliphatic rings. The summed E-state index contributed by atoms with van der Waals surface area (Å²) < 4.78 is 38.2. The number of halogens is 1. The first-order valence-electron chi connectivity index (χ1n) is 8.57. The second-order valence-electron chi connectivity index (χ2n) is 7.00. The molecule has 1 aliphatic carbocycles. The fraction of sp³-hybridized carbons (Fsp3) is 0.389. The molecular weight excluding hydrogens is 392 g/mol. The summed E-state index contributed by atoms with van der Waals surface area (Å²) in [5, 5.41) is 2.61. The Kier molecular flexibility index (Phi) is 4.44. The molecule has 2 atom stereocenters. The number of nitrogens with zero attached hydrogens (tertiary/aromatic N) is 1. The van der Waals surface area contributed by atoms with E-state index in [1.807, 2.05) is 6.07 Å². The number of amides is 1. The lowest BCUT2D eigenvalue weighted by Gasteiger charge is -2.21. The van der Waals surface area contributed by atoms with Crippen molar-refractivity contribution >= 4 is 33.2 Å². The molecule has 0 bridgehead atoms. The van der Waals surface area contributed by atoms with Gasteiger partial charge in [0, 0.05) is 19.0 Å². The smallest absolute Gasteiger partial charge is 0.262 e. The summed E-state index contributed by atoms with van der Waals surface area (Å²) in [6.07, 6.45) is 1.10. The number of rotatable bonds is 5. The van der Waals surface area contributed by atoms with Gasteiger partial charge in [0.05, 0.1) is 17.3 Å². The van der Waals surface area contributed by atoms with Gasteiger partial charge in [-0.15, -0.1) is 0 Å². The number of furan rings is 1. The van der Waals surface area contributed by atoms with Crippen LogP contribution in [0.4, 0.5) is 5.69 Å². The van der Waals surface area contributed by atoms with Crippen molar-refractivity contribution in [3.8, 4) is 5.75 Å². The van der Waals surface area contributed by atoms with E-state index in [-0.39, 0.29) is 34.7 Å². The Balaban J connectivity index is 1.57. The molecule has 9 heteroatoms. The van der Waals surface area contributed by atoms with Crippen LogP contribution in [0.25, 0.3) is 0 Å². The summed E-state index contributed by atoms with van der Waals surface area (Å²) >= 11 is 6.17. The summed E-state index contributed by atoms with van der Waals surface area (Å²) in [6, 6.07) is 6.43. The number of nitrogens with one attached hydrogen (secondary N) is 1. The minimum Gasteiger partial charge on any atom is -0.482 e. The Labute approximate surface area is 162 Å². The number of hydrogen-bond acceptors (Lipinski definition) is 5. The number of hydrogen-bond donors (Lipinski definition) is 1. The van der Waals surface area contributed by atoms with Crippen molar-refractivity contribution in [1.29, 1.82) is 0 Å². The third kappa shape index (κ3) is 3.44. The quantitative estimate of drug-likeness (QED) is 0.817. The van der Waals surface area contributed by atoms with E-state index in [1.54, 1.807) is 6.07 Å². The highest BCUT2D eigenvalue weighted by Gasteiger charge is 2.37. The summed E-state index contributed by atoms with van der Waals surface area (Å²) in [4.78, 5) is 11.3. The molecule has 144 valence electrons. The molecule has 0 unspecified atom stereocenters. The first-order chi connectivity index (χ1) is 12.8. The van der Waals surface area contributed by atoms with Gasteiger partial charge < -0.3 is 14.5 Å². The van der Waals surface area contributed by atoms with Crippen LogP contribution in [-0.4, -0.2) is 32.3 Å². The van der Waals surface area contributed by atoms with Gasteiger partial charge >= 0.3 is 0 Å². The first-order valence-corrected chi connectivity index (χ1v) is 10.4. The molecule has 1 N–H and O–H groups in total. The number of anilines is 1. The number of sulfonamides is 1. The number of ether oxygens (including phenoxy) is 1. The number of benzene rings is 1. The Morgan fingerprint density at radius 1 is 1.33 bits per heavy atom. The van der Waals surface area contributed by atoms with Gasteiger partial charge in [-0.25, -0.2) is 8.42 Å². The molecular formula is C18H19ClN2O5S. The van der Waals surface area contributed by atoms with Crippen LogP contribution in [0.5, 0.6) is 5.75 Å². The molecule has 1 aromatic heterocycles. The topological polar surface area (TPSA) is 88.9 Å². The average Bonchev–Trinajstić information content (AvgIpc) is 3.15. The van der Waals surface area contributed by atoms with Crippen LogP contribution in [0, 0.1) is 5.92 Å². The van der Waals surface area contributed by atoms with Crippen LogP contribution >= 0.6 is 11.6 Å². The van der Waals surface area contributed by atoms with Gasteiger partial charge in [0.25, 0.3) is 5.91 Å². The lowest BCUT2D eigenvalue weighted by atomic mass is 10.2. The van der Waals surface area contributed by atoms with Crippen LogP contribution < -0.4 is 10.1 Å². The highest BCUT2D eigenvalue weighted by Crippen LogP contribution is 2.47. The maximum absolute atomic E-state index is 13.0. The SMILES string of the molecule is C[C@H]1C[C@@H]1c1ccc(CN(C)S(=O)(=O)c2cc3c(cc2Cl)NC(=O)CO3)o1. The summed E-state index contributed by atoms with van der Waals surface area (Å²) in [5.41, 5.74) is 0.354. The maximum atomic E-state index is 13.0. The number of fused-ring (bicyclic) bond motifs is 1. The summed E-state index contributed by atoms with van der Waals surface area (Å²) in [6.45, 7) is 2.08. The largest absolute Gasteiger partial charge is 0.482 e. The zero-order valence-electron chi connectivity index (χ0n) is 14.9. The lowest BCUT2D eigenvalue weighted by Crippen LogP contribution is -2.28. The molecule has 7 nitrogen and oxygen atoms in total. The van der Waals surface area contributed by atoms with E-state index >= 15 is 0 Å². The minimum absolute atomic E-state index is 0.0124. The van der Waals surface area contributed by atoms with Crippen LogP contribution in [0.1, 0.15) is 30.8 Å². The average molecular weight is 411 g/mol. The van der Waals surface area contributed by atoms with E-state index in [1.165, 1.54) is 23.5 Å². The monoisotopic (exact) mass is 410 g/mol. The van der Waals surface area contributed by atoms with Gasteiger partial charge in [-0.3, -0.25) is 4.79 Å². The zero-order chi connectivity index (χ0) is 19.3. The third-order valence-corrected chi connectivity index (χ3v) is 7.16. The molecule has 2 heterocycles. The van der Waals surface area contributed by atoms with E-state index in [0.717, 1.165) is 12.2 Å². The molecule has 1 amide bonds. The normalized spacial score (nSPS) is 21.6. The van der Waals surface area contributed by atoms with E-state index in [2.05, 4.69) is 12.2 Å². The molecule has 27 heavy (non-hydrogen) atoms. The highest BCUT2D eigenvalue weighted by atomic mass is 35.5. The standard InChI is InChI=1S/C18H19ClN2O5S/c1-10-5-12(10)15-4-3-11(26-15)8-21(2)27(23,24)17-7-16-14(6-13(17)19)20-18(22)9-25-16/h3-4,6-7,10,12H,5,8-9H2,1-2H3,(H,20,22)/t10-,12-/m0/s1. The van der Waals surface area contributed by atoms with Crippen molar-refractivity contribution in [2.45, 2.75) is 30.7 Å². The van der Waals surface area contributed by atoms with Gasteiger partial charge in [-0.1, -0.05) is 18.5 Å². The van der Waals surface area contributed by atoms with Crippen LogP contribution in [-0.2, 0) is 21.4 Å². The van der Waals surface area contributed by atoms with Crippen molar-refractivity contribution in [2.75, 3.05) is 19.0 Å². The molecule has 1 aromatic carbocycles. The molecule has 4 rings (SSSR count). The Morgan fingerprint density at radius 3 is 2.78 bits per heavy atom. The van der Waals surface area contributed by atoms with Gasteiger partial charge in [0.15, 0.2) is 6.61 Å². The summed E-state index contributed by atoms with van der Waals surface area (Å²) in [5.74, 6) is 2.48. The van der Waals surface area contributed by atoms with Gasteiger partial charge in [-0.2, -0.15) is 4.31 Å². The Morgan fingerprint density at radius 2 is 2.07 bits per heavy atom. The zero-order valence-corrected chi connectivity index (χ0v) is 16.4. The number of carbonyl (C=O) groups is 1. The van der Waals surface area contributed by atoms with Crippen LogP contribution in [0.2, 0.25) is 5.02 Å². The van der Waals surface area contributed by atoms with Gasteiger partial charge in [0.1, 0.15) is 22.2 Å². The molecule has 1 aliphatic heterocycles. The lowest BCUT2D eigenvalue weighted by molar-refractivity contribution is -0.118. The molecule has 1 fully saturated rings. The van der Waals surface area contributed by atoms with Gasteiger partial charge in [0.2, 0.25) is 10.0 Å². The second kappa shape index (κ2) is 6.54. The third-order valence-electron chi connectivity index (χ3n) is 4.89. The van der Waals surface area contributed by atoms with Crippen molar-refractivity contribution in [3.05, 3.63) is 40.8 Å². The van der Waals surface area contributed by atoms with Crippen LogP contribution in [0.3, 0.4) is 0 Å². The minimum atomic E-state index is -3.87. The van der Waals surface area contributed by atoms with E-state index in [0.29, 0.717) is 23.3 Å². The first kappa shape index (κ1) is 18.3. The van der Waals surface area contributed by atoms with Crippen molar-refractivity contribution in [1.82, 2.24) is 4.31 Å². The molecule has 0 spiro atoms. The maximum Gasteiger partial charge on any atom is 0.262 e. The van der Waals surface area contributed by atoms with Crippen molar-refractivity contribution in [3.63, 3.8) is 0 Å². The van der Waals surface area contributed by atoms with Gasteiger partial charge in [-0.05, 0) is 30.5 Å². The van der Waals surface area contributed by atoms with E-state index in [4.69, 9.17) is 20.8 Å². The molecule has 1 saturated carbocycles. The number of carbonyl (C=O) groups excluding carboxylic acids is 1.